The minimum absolute atomic E-state index is 0.0693. The van der Waals surface area contributed by atoms with Gasteiger partial charge >= 0.3 is 12.1 Å². The van der Waals surface area contributed by atoms with Crippen LogP contribution in [0, 0.1) is 0 Å². The molecule has 0 aromatic heterocycles. The van der Waals surface area contributed by atoms with Gasteiger partial charge in [-0.15, -0.1) is 0 Å². The Labute approximate surface area is 152 Å². The molecule has 2 aromatic rings. The quantitative estimate of drug-likeness (QED) is 0.751. The monoisotopic (exact) mass is 411 g/mol. The lowest BCUT2D eigenvalue weighted by molar-refractivity contribution is -0.139. The molecule has 0 aliphatic carbocycles. The Morgan fingerprint density at radius 1 is 1.21 bits per heavy atom. The number of nitrogens with one attached hydrogen (secondary N) is 1. The van der Waals surface area contributed by atoms with E-state index in [4.69, 9.17) is 16.3 Å². The number of rotatable bonds is 6. The molecule has 1 unspecified atom stereocenters. The summed E-state index contributed by atoms with van der Waals surface area (Å²) < 4.78 is 5.77. The average molecular weight is 413 g/mol. The van der Waals surface area contributed by atoms with E-state index in [0.717, 1.165) is 10.0 Å². The number of aliphatic carboxylic acids is 1. The molecule has 126 valence electrons. The second kappa shape index (κ2) is 8.70. The van der Waals surface area contributed by atoms with Crippen LogP contribution in [0.4, 0.5) is 4.79 Å². The highest BCUT2D eigenvalue weighted by Crippen LogP contribution is 2.22. The van der Waals surface area contributed by atoms with Crippen LogP contribution < -0.4 is 5.32 Å². The van der Waals surface area contributed by atoms with E-state index < -0.39 is 18.1 Å². The van der Waals surface area contributed by atoms with Gasteiger partial charge in [0.2, 0.25) is 0 Å². The minimum Gasteiger partial charge on any atom is -0.480 e. The zero-order chi connectivity index (χ0) is 17.5. The summed E-state index contributed by atoms with van der Waals surface area (Å²) >= 11 is 9.26. The third-order valence-corrected chi connectivity index (χ3v) is 4.24. The third-order valence-electron chi connectivity index (χ3n) is 3.23. The molecule has 7 heteroatoms. The van der Waals surface area contributed by atoms with E-state index in [0.29, 0.717) is 10.6 Å². The maximum atomic E-state index is 11.8. The summed E-state index contributed by atoms with van der Waals surface area (Å²) in [6, 6.07) is 13.1. The Bertz CT molecular complexity index is 724. The molecule has 1 amide bonds. The second-order valence-corrected chi connectivity index (χ2v) is 6.33. The second-order valence-electron chi connectivity index (χ2n) is 5.04. The summed E-state index contributed by atoms with van der Waals surface area (Å²) in [5.74, 6) is -1.15. The molecular formula is C17H15BrClNO4. The minimum atomic E-state index is -1.15. The molecule has 2 N–H and O–H groups in total. The molecule has 5 nitrogen and oxygen atoms in total. The van der Waals surface area contributed by atoms with Crippen molar-refractivity contribution in [2.75, 3.05) is 0 Å². The molecule has 1 atom stereocenters. The first-order valence-corrected chi connectivity index (χ1v) is 8.27. The van der Waals surface area contributed by atoms with Gasteiger partial charge in [0.05, 0.1) is 0 Å². The van der Waals surface area contributed by atoms with Crippen LogP contribution in [0.1, 0.15) is 11.1 Å². The predicted octanol–water partition coefficient (Wildman–Crippen LogP) is 4.02. The van der Waals surface area contributed by atoms with E-state index in [1.54, 1.807) is 18.2 Å². The maximum absolute atomic E-state index is 11.8. The highest BCUT2D eigenvalue weighted by atomic mass is 79.9. The van der Waals surface area contributed by atoms with Gasteiger partial charge in [0, 0.05) is 15.9 Å². The molecule has 0 bridgehead atoms. The Morgan fingerprint density at radius 2 is 1.92 bits per heavy atom. The van der Waals surface area contributed by atoms with Crippen molar-refractivity contribution in [3.05, 3.63) is 69.2 Å². The number of carboxylic acids is 1. The molecule has 0 radical (unpaired) electrons. The summed E-state index contributed by atoms with van der Waals surface area (Å²) in [7, 11) is 0. The number of carbonyl (C=O) groups excluding carboxylic acids is 1. The zero-order valence-electron chi connectivity index (χ0n) is 12.5. The van der Waals surface area contributed by atoms with E-state index in [1.807, 2.05) is 30.3 Å². The number of ether oxygens (including phenoxy) is 1. The van der Waals surface area contributed by atoms with Gasteiger partial charge in [-0.2, -0.15) is 0 Å². The Balaban J connectivity index is 1.96. The lowest BCUT2D eigenvalue weighted by atomic mass is 10.1. The zero-order valence-corrected chi connectivity index (χ0v) is 14.9. The number of carboxylic acid groups (broad SMARTS) is 1. The molecular weight excluding hydrogens is 398 g/mol. The Morgan fingerprint density at radius 3 is 2.58 bits per heavy atom. The summed E-state index contributed by atoms with van der Waals surface area (Å²) in [5, 5.41) is 12.2. The lowest BCUT2D eigenvalue weighted by Crippen LogP contribution is -2.42. The van der Waals surface area contributed by atoms with Crippen LogP contribution in [-0.2, 0) is 22.6 Å². The summed E-state index contributed by atoms with van der Waals surface area (Å²) in [4.78, 5) is 23.2. The van der Waals surface area contributed by atoms with E-state index >= 15 is 0 Å². The number of benzene rings is 2. The molecule has 0 fully saturated rings. The van der Waals surface area contributed by atoms with Gasteiger partial charge in [0.25, 0.3) is 0 Å². The first-order chi connectivity index (χ1) is 11.5. The van der Waals surface area contributed by atoms with Crippen molar-refractivity contribution >= 4 is 39.6 Å². The smallest absolute Gasteiger partial charge is 0.408 e. The van der Waals surface area contributed by atoms with Gasteiger partial charge in [-0.3, -0.25) is 0 Å². The largest absolute Gasteiger partial charge is 0.480 e. The standard InChI is InChI=1S/C17H15BrClNO4/c18-14-7-6-13(19)8-12(14)9-15(16(21)22)20-17(23)24-10-11-4-2-1-3-5-11/h1-8,15H,9-10H2,(H,20,23)(H,21,22). The fraction of sp³-hybridized carbons (Fsp3) is 0.176. The van der Waals surface area contributed by atoms with Crippen LogP contribution in [0.5, 0.6) is 0 Å². The fourth-order valence-electron chi connectivity index (χ4n) is 2.03. The fourth-order valence-corrected chi connectivity index (χ4v) is 2.63. The van der Waals surface area contributed by atoms with E-state index in [9.17, 15) is 14.7 Å². The summed E-state index contributed by atoms with van der Waals surface area (Å²) in [6.07, 6.45) is -0.707. The Kier molecular flexibility index (Phi) is 6.63. The maximum Gasteiger partial charge on any atom is 0.408 e. The normalized spacial score (nSPS) is 11.6. The van der Waals surface area contributed by atoms with Crippen LogP contribution in [0.25, 0.3) is 0 Å². The molecule has 0 aliphatic rings. The first-order valence-electron chi connectivity index (χ1n) is 7.09. The van der Waals surface area contributed by atoms with Gasteiger partial charge in [-0.05, 0) is 29.3 Å². The van der Waals surface area contributed by atoms with Crippen molar-refractivity contribution in [1.29, 1.82) is 0 Å². The summed E-state index contributed by atoms with van der Waals surface area (Å²) in [6.45, 7) is 0.0693. The molecule has 0 aliphatic heterocycles. The number of hydrogen-bond acceptors (Lipinski definition) is 3. The summed E-state index contributed by atoms with van der Waals surface area (Å²) in [5.41, 5.74) is 1.50. The Hall–Kier alpha value is -2.05. The highest BCUT2D eigenvalue weighted by molar-refractivity contribution is 9.10. The highest BCUT2D eigenvalue weighted by Gasteiger charge is 2.22. The van der Waals surface area contributed by atoms with Gasteiger partial charge < -0.3 is 15.2 Å². The van der Waals surface area contributed by atoms with E-state index in [1.165, 1.54) is 0 Å². The van der Waals surface area contributed by atoms with Crippen LogP contribution in [0.15, 0.2) is 53.0 Å². The van der Waals surface area contributed by atoms with Gasteiger partial charge in [0.15, 0.2) is 0 Å². The van der Waals surface area contributed by atoms with Crippen LogP contribution in [-0.4, -0.2) is 23.2 Å². The molecule has 0 spiro atoms. The van der Waals surface area contributed by atoms with Crippen LogP contribution in [0.2, 0.25) is 5.02 Å². The molecule has 2 aromatic carbocycles. The van der Waals surface area contributed by atoms with Crippen molar-refractivity contribution in [3.8, 4) is 0 Å². The van der Waals surface area contributed by atoms with Crippen molar-refractivity contribution in [2.45, 2.75) is 19.1 Å². The van der Waals surface area contributed by atoms with Gasteiger partial charge in [-0.25, -0.2) is 9.59 Å². The first kappa shape index (κ1) is 18.3. The van der Waals surface area contributed by atoms with Crippen molar-refractivity contribution in [2.24, 2.45) is 0 Å². The number of carbonyl (C=O) groups is 2. The number of alkyl carbamates (subject to hydrolysis) is 1. The van der Waals surface area contributed by atoms with Crippen molar-refractivity contribution < 1.29 is 19.4 Å². The third kappa shape index (κ3) is 5.54. The molecule has 0 saturated carbocycles. The SMILES string of the molecule is O=C(NC(Cc1cc(Cl)ccc1Br)C(=O)O)OCc1ccccc1. The van der Waals surface area contributed by atoms with Crippen LogP contribution >= 0.6 is 27.5 Å². The van der Waals surface area contributed by atoms with Crippen molar-refractivity contribution in [1.82, 2.24) is 5.32 Å². The number of hydrogen-bond donors (Lipinski definition) is 2. The van der Waals surface area contributed by atoms with E-state index in [-0.39, 0.29) is 13.0 Å². The van der Waals surface area contributed by atoms with Gasteiger partial charge in [-0.1, -0.05) is 57.9 Å². The molecule has 0 heterocycles. The predicted molar refractivity (Wildman–Crippen MR) is 94.0 cm³/mol. The molecule has 2 rings (SSSR count). The van der Waals surface area contributed by atoms with Gasteiger partial charge in [0.1, 0.15) is 12.6 Å². The topological polar surface area (TPSA) is 75.6 Å². The van der Waals surface area contributed by atoms with Crippen LogP contribution in [0.3, 0.4) is 0 Å². The number of amides is 1. The van der Waals surface area contributed by atoms with E-state index in [2.05, 4.69) is 21.2 Å². The number of halogens is 2. The molecule has 24 heavy (non-hydrogen) atoms. The molecule has 0 saturated heterocycles. The lowest BCUT2D eigenvalue weighted by Gasteiger charge is -2.15. The average Bonchev–Trinajstić information content (AvgIpc) is 2.56. The van der Waals surface area contributed by atoms with Crippen molar-refractivity contribution in [3.63, 3.8) is 0 Å².